The Hall–Kier alpha value is -2.97. The van der Waals surface area contributed by atoms with Crippen LogP contribution in [0, 0.1) is 18.4 Å². The fourth-order valence-corrected chi connectivity index (χ4v) is 4.78. The highest BCUT2D eigenvalue weighted by Gasteiger charge is 2.44. The Labute approximate surface area is 199 Å². The lowest BCUT2D eigenvalue weighted by atomic mass is 9.96. The standard InChI is InChI=1S/C22H22ClN5O4S/c1-14-10-15(2-3-16(14)28-7-9-31-11-19(28)25-13-24)26-21(30)22(6-8-32-12-22)27-20(29)17-4-5-18(23)33-17/h2-5,10H,6-9,11-12H2,1H3,(H,26,30)(H,27,29)/t22-/m1/s1. The molecular formula is C22H22ClN5O4S. The number of hydrogen-bond acceptors (Lipinski definition) is 7. The Kier molecular flexibility index (Phi) is 6.95. The van der Waals surface area contributed by atoms with E-state index in [9.17, 15) is 9.59 Å². The van der Waals surface area contributed by atoms with Crippen molar-refractivity contribution in [3.8, 4) is 6.19 Å². The lowest BCUT2D eigenvalue weighted by Crippen LogP contribution is -2.57. The first kappa shape index (κ1) is 23.2. The number of amides is 2. The maximum Gasteiger partial charge on any atom is 0.262 e. The van der Waals surface area contributed by atoms with Crippen molar-refractivity contribution in [2.24, 2.45) is 4.99 Å². The topological polar surface area (TPSA) is 116 Å². The van der Waals surface area contributed by atoms with Crippen LogP contribution >= 0.6 is 22.9 Å². The van der Waals surface area contributed by atoms with Gasteiger partial charge in [0.05, 0.1) is 22.4 Å². The number of rotatable bonds is 5. The molecule has 33 heavy (non-hydrogen) atoms. The maximum atomic E-state index is 13.2. The van der Waals surface area contributed by atoms with Crippen molar-refractivity contribution in [3.05, 3.63) is 45.1 Å². The van der Waals surface area contributed by atoms with E-state index in [0.29, 0.717) is 46.9 Å². The number of nitriles is 1. The van der Waals surface area contributed by atoms with E-state index in [2.05, 4.69) is 15.6 Å². The molecule has 0 bridgehead atoms. The van der Waals surface area contributed by atoms with Gasteiger partial charge >= 0.3 is 0 Å². The summed E-state index contributed by atoms with van der Waals surface area (Å²) in [6.07, 6.45) is 2.18. The van der Waals surface area contributed by atoms with Crippen LogP contribution in [0.5, 0.6) is 0 Å². The van der Waals surface area contributed by atoms with Crippen LogP contribution in [0.15, 0.2) is 35.3 Å². The van der Waals surface area contributed by atoms with Crippen LogP contribution in [-0.2, 0) is 14.3 Å². The second-order valence-corrected chi connectivity index (χ2v) is 9.45. The van der Waals surface area contributed by atoms with Crippen LogP contribution in [-0.4, -0.2) is 56.2 Å². The summed E-state index contributed by atoms with van der Waals surface area (Å²) in [5.74, 6) is -0.168. The maximum absolute atomic E-state index is 13.2. The van der Waals surface area contributed by atoms with Crippen LogP contribution in [0.4, 0.5) is 11.4 Å². The van der Waals surface area contributed by atoms with Crippen molar-refractivity contribution < 1.29 is 19.1 Å². The van der Waals surface area contributed by atoms with Gasteiger partial charge in [-0.1, -0.05) is 11.6 Å². The minimum atomic E-state index is -1.17. The number of aryl methyl sites for hydroxylation is 1. The van der Waals surface area contributed by atoms with E-state index in [-0.39, 0.29) is 25.0 Å². The van der Waals surface area contributed by atoms with E-state index in [1.165, 1.54) is 0 Å². The fraction of sp³-hybridized carbons (Fsp3) is 0.364. The largest absolute Gasteiger partial charge is 0.378 e. The Morgan fingerprint density at radius 2 is 2.12 bits per heavy atom. The third-order valence-corrected chi connectivity index (χ3v) is 6.76. The summed E-state index contributed by atoms with van der Waals surface area (Å²) in [6, 6.07) is 8.76. The average molecular weight is 488 g/mol. The molecule has 0 spiro atoms. The first-order valence-corrected chi connectivity index (χ1v) is 11.5. The van der Waals surface area contributed by atoms with Crippen molar-refractivity contribution in [2.75, 3.05) is 43.2 Å². The quantitative estimate of drug-likeness (QED) is 0.626. The van der Waals surface area contributed by atoms with Crippen molar-refractivity contribution in [2.45, 2.75) is 18.9 Å². The average Bonchev–Trinajstić information content (AvgIpc) is 3.45. The molecule has 172 valence electrons. The van der Waals surface area contributed by atoms with Crippen molar-refractivity contribution in [3.63, 3.8) is 0 Å². The Balaban J connectivity index is 1.51. The molecule has 0 saturated carbocycles. The van der Waals surface area contributed by atoms with E-state index >= 15 is 0 Å². The highest BCUT2D eigenvalue weighted by atomic mass is 35.5. The lowest BCUT2D eigenvalue weighted by Gasteiger charge is -2.31. The molecule has 2 N–H and O–H groups in total. The van der Waals surface area contributed by atoms with Gasteiger partial charge in [-0.15, -0.1) is 11.3 Å². The normalized spacial score (nSPS) is 21.6. The summed E-state index contributed by atoms with van der Waals surface area (Å²) in [5.41, 5.74) is 1.20. The number of hydrogen-bond donors (Lipinski definition) is 2. The Morgan fingerprint density at radius 3 is 2.79 bits per heavy atom. The number of anilines is 2. The molecule has 11 heteroatoms. The van der Waals surface area contributed by atoms with Gasteiger partial charge in [-0.2, -0.15) is 10.3 Å². The molecule has 2 aliphatic heterocycles. The van der Waals surface area contributed by atoms with Crippen molar-refractivity contribution in [1.29, 1.82) is 5.26 Å². The molecule has 2 aromatic rings. The van der Waals surface area contributed by atoms with Gasteiger partial charge in [0.25, 0.3) is 11.8 Å². The molecule has 3 heterocycles. The van der Waals surface area contributed by atoms with Crippen LogP contribution in [0.1, 0.15) is 21.7 Å². The van der Waals surface area contributed by atoms with E-state index in [4.69, 9.17) is 26.3 Å². The second kappa shape index (κ2) is 9.89. The number of nitrogens with one attached hydrogen (secondary N) is 2. The number of carbonyl (C=O) groups is 2. The number of nitrogens with zero attached hydrogens (tertiary/aromatic N) is 3. The second-order valence-electron chi connectivity index (χ2n) is 7.73. The van der Waals surface area contributed by atoms with Gasteiger partial charge in [0.15, 0.2) is 0 Å². The molecule has 2 amide bonds. The number of morpholine rings is 1. The van der Waals surface area contributed by atoms with Gasteiger partial charge in [0, 0.05) is 30.9 Å². The smallest absolute Gasteiger partial charge is 0.262 e. The predicted octanol–water partition coefficient (Wildman–Crippen LogP) is 2.95. The zero-order valence-electron chi connectivity index (χ0n) is 17.9. The van der Waals surface area contributed by atoms with Crippen LogP contribution < -0.4 is 15.5 Å². The van der Waals surface area contributed by atoms with Gasteiger partial charge in [-0.3, -0.25) is 9.59 Å². The summed E-state index contributed by atoms with van der Waals surface area (Å²) in [4.78, 5) is 32.2. The van der Waals surface area contributed by atoms with E-state index in [1.54, 1.807) is 18.2 Å². The highest BCUT2D eigenvalue weighted by molar-refractivity contribution is 7.18. The highest BCUT2D eigenvalue weighted by Crippen LogP contribution is 2.28. The van der Waals surface area contributed by atoms with Crippen molar-refractivity contribution in [1.82, 2.24) is 5.32 Å². The SMILES string of the molecule is Cc1cc(NC(=O)[C@@]2(NC(=O)c3ccc(Cl)s3)CCOC2)ccc1N1CCOCC1=NC#N. The van der Waals surface area contributed by atoms with Gasteiger partial charge in [0.1, 0.15) is 18.0 Å². The molecule has 9 nitrogen and oxygen atoms in total. The van der Waals surface area contributed by atoms with E-state index in [0.717, 1.165) is 22.6 Å². The molecule has 1 atom stereocenters. The Morgan fingerprint density at radius 1 is 1.27 bits per heavy atom. The summed E-state index contributed by atoms with van der Waals surface area (Å²) in [6.45, 7) is 3.74. The molecule has 2 saturated heterocycles. The summed E-state index contributed by atoms with van der Waals surface area (Å²) in [7, 11) is 0. The van der Waals surface area contributed by atoms with E-state index < -0.39 is 5.54 Å². The predicted molar refractivity (Wildman–Crippen MR) is 126 cm³/mol. The molecule has 0 unspecified atom stereocenters. The number of thiophene rings is 1. The number of benzene rings is 1. The molecule has 0 radical (unpaired) electrons. The molecule has 0 aliphatic carbocycles. The fourth-order valence-electron chi connectivity index (χ4n) is 3.84. The molecule has 2 aliphatic rings. The van der Waals surface area contributed by atoms with Gasteiger partial charge in [0.2, 0.25) is 6.19 Å². The first-order chi connectivity index (χ1) is 15.9. The van der Waals surface area contributed by atoms with Gasteiger partial charge in [-0.25, -0.2) is 0 Å². The molecular weight excluding hydrogens is 466 g/mol. The van der Waals surface area contributed by atoms with Crippen molar-refractivity contribution >= 4 is 52.0 Å². The van der Waals surface area contributed by atoms with Crippen LogP contribution in [0.3, 0.4) is 0 Å². The van der Waals surface area contributed by atoms with Crippen LogP contribution in [0.25, 0.3) is 0 Å². The third-order valence-electron chi connectivity index (χ3n) is 5.53. The first-order valence-electron chi connectivity index (χ1n) is 10.3. The summed E-state index contributed by atoms with van der Waals surface area (Å²) >= 11 is 7.09. The van der Waals surface area contributed by atoms with Gasteiger partial charge in [-0.05, 0) is 42.8 Å². The summed E-state index contributed by atoms with van der Waals surface area (Å²) in [5, 5.41) is 14.7. The number of aliphatic imine (C=N–C) groups is 1. The Bertz CT molecular complexity index is 1140. The zero-order valence-corrected chi connectivity index (χ0v) is 19.5. The number of amidine groups is 1. The number of carbonyl (C=O) groups excluding carboxylic acids is 2. The molecule has 4 rings (SSSR count). The minimum absolute atomic E-state index is 0.0858. The molecule has 1 aromatic heterocycles. The molecule has 2 fully saturated rings. The monoisotopic (exact) mass is 487 g/mol. The summed E-state index contributed by atoms with van der Waals surface area (Å²) < 4.78 is 11.4. The third kappa shape index (κ3) is 5.02. The number of halogens is 1. The van der Waals surface area contributed by atoms with Crippen LogP contribution in [0.2, 0.25) is 4.34 Å². The lowest BCUT2D eigenvalue weighted by molar-refractivity contribution is -0.122. The molecule has 1 aromatic carbocycles. The number of ether oxygens (including phenoxy) is 2. The zero-order chi connectivity index (χ0) is 23.4. The van der Waals surface area contributed by atoms with E-state index in [1.807, 2.05) is 30.1 Å². The van der Waals surface area contributed by atoms with Gasteiger partial charge < -0.3 is 25.0 Å². The minimum Gasteiger partial charge on any atom is -0.378 e.